The Morgan fingerprint density at radius 3 is 1.97 bits per heavy atom. The molecule has 0 aliphatic rings. The molecule has 0 saturated carbocycles. The van der Waals surface area contributed by atoms with Gasteiger partial charge < -0.3 is 14.9 Å². The first-order chi connectivity index (χ1) is 14.0. The summed E-state index contributed by atoms with van der Waals surface area (Å²) in [5.74, 6) is -5.99. The van der Waals surface area contributed by atoms with Gasteiger partial charge in [0.1, 0.15) is 0 Å². The number of benzene rings is 2. The molecular formula is C22H20O8. The summed E-state index contributed by atoms with van der Waals surface area (Å²) < 4.78 is 4.97. The maximum Gasteiger partial charge on any atom is 0.336 e. The van der Waals surface area contributed by atoms with Crippen LogP contribution >= 0.6 is 0 Å². The molecule has 2 N–H and O–H groups in total. The predicted octanol–water partition coefficient (Wildman–Crippen LogP) is 3.13. The highest BCUT2D eigenvalue weighted by molar-refractivity contribution is 6.21. The molecule has 0 saturated heterocycles. The lowest BCUT2D eigenvalue weighted by Gasteiger charge is -2.18. The molecule has 2 aromatic carbocycles. The summed E-state index contributed by atoms with van der Waals surface area (Å²) in [6.07, 6.45) is -1.20. The number of carbonyl (C=O) groups excluding carboxylic acids is 3. The van der Waals surface area contributed by atoms with Gasteiger partial charge in [-0.05, 0) is 44.4 Å². The van der Waals surface area contributed by atoms with E-state index in [1.165, 1.54) is 45.0 Å². The minimum atomic E-state index is -1.35. The van der Waals surface area contributed by atoms with Gasteiger partial charge in [-0.3, -0.25) is 9.59 Å². The summed E-state index contributed by atoms with van der Waals surface area (Å²) in [6, 6.07) is 6.42. The molecule has 2 aromatic rings. The molecule has 2 rings (SSSR count). The van der Waals surface area contributed by atoms with Gasteiger partial charge in [0, 0.05) is 16.5 Å². The highest BCUT2D eigenvalue weighted by atomic mass is 16.5. The molecule has 8 nitrogen and oxygen atoms in total. The number of ether oxygens (including phenoxy) is 1. The molecule has 0 aromatic heterocycles. The van der Waals surface area contributed by atoms with Crippen molar-refractivity contribution < 1.29 is 38.9 Å². The van der Waals surface area contributed by atoms with Gasteiger partial charge in [0.15, 0.2) is 17.7 Å². The molecule has 0 spiro atoms. The van der Waals surface area contributed by atoms with Gasteiger partial charge in [-0.2, -0.15) is 0 Å². The van der Waals surface area contributed by atoms with E-state index in [2.05, 4.69) is 6.58 Å². The summed E-state index contributed by atoms with van der Waals surface area (Å²) in [6.45, 7) is 7.52. The van der Waals surface area contributed by atoms with Crippen molar-refractivity contribution in [3.8, 4) is 0 Å². The van der Waals surface area contributed by atoms with Crippen molar-refractivity contribution in [1.29, 1.82) is 0 Å². The highest BCUT2D eigenvalue weighted by Gasteiger charge is 2.31. The fourth-order valence-electron chi connectivity index (χ4n) is 3.01. The fraction of sp³-hybridized carbons (Fsp3) is 0.227. The molecule has 0 amide bonds. The van der Waals surface area contributed by atoms with Crippen LogP contribution in [0.2, 0.25) is 0 Å². The van der Waals surface area contributed by atoms with Crippen LogP contribution in [0.5, 0.6) is 0 Å². The SMILES string of the molecule is C=C(C)C(=O)OC(C)C(=O)C(C)C(=O)c1ccc(C(=O)O)c2c(C(=O)O)cccc12. The van der Waals surface area contributed by atoms with Crippen LogP contribution in [0.15, 0.2) is 42.5 Å². The largest absolute Gasteiger partial charge is 0.478 e. The molecule has 0 radical (unpaired) electrons. The maximum absolute atomic E-state index is 13.0. The van der Waals surface area contributed by atoms with Gasteiger partial charge in [-0.1, -0.05) is 18.7 Å². The second-order valence-electron chi connectivity index (χ2n) is 6.82. The van der Waals surface area contributed by atoms with Crippen molar-refractivity contribution in [3.63, 3.8) is 0 Å². The Bertz CT molecular complexity index is 1080. The van der Waals surface area contributed by atoms with Gasteiger partial charge in [0.25, 0.3) is 0 Å². The van der Waals surface area contributed by atoms with Crippen LogP contribution in [-0.4, -0.2) is 45.8 Å². The topological polar surface area (TPSA) is 135 Å². The van der Waals surface area contributed by atoms with E-state index in [1.807, 2.05) is 0 Å². The number of hydrogen-bond donors (Lipinski definition) is 2. The first-order valence-corrected chi connectivity index (χ1v) is 8.94. The van der Waals surface area contributed by atoms with Gasteiger partial charge in [0.2, 0.25) is 0 Å². The summed E-state index contributed by atoms with van der Waals surface area (Å²) in [5, 5.41) is 18.9. The van der Waals surface area contributed by atoms with E-state index in [0.717, 1.165) is 6.07 Å². The van der Waals surface area contributed by atoms with Gasteiger partial charge in [-0.25, -0.2) is 14.4 Å². The van der Waals surface area contributed by atoms with Crippen molar-refractivity contribution in [2.75, 3.05) is 0 Å². The minimum absolute atomic E-state index is 0.00243. The number of hydrogen-bond acceptors (Lipinski definition) is 6. The van der Waals surface area contributed by atoms with E-state index in [9.17, 15) is 34.2 Å². The van der Waals surface area contributed by atoms with Crippen molar-refractivity contribution in [1.82, 2.24) is 0 Å². The number of esters is 1. The standard InChI is InChI=1S/C22H20O8/c1-10(2)22(29)30-12(4)18(23)11(3)19(24)14-8-9-16(21(27)28)17-13(14)6-5-7-15(17)20(25)26/h5-9,11-12H,1H2,2-4H3,(H,25,26)(H,27,28). The lowest BCUT2D eigenvalue weighted by Crippen LogP contribution is -2.33. The molecular weight excluding hydrogens is 392 g/mol. The van der Waals surface area contributed by atoms with E-state index in [1.54, 1.807) is 0 Å². The molecule has 0 aliphatic carbocycles. The van der Waals surface area contributed by atoms with E-state index >= 15 is 0 Å². The molecule has 30 heavy (non-hydrogen) atoms. The number of fused-ring (bicyclic) bond motifs is 1. The average Bonchev–Trinajstić information content (AvgIpc) is 2.70. The molecule has 0 bridgehead atoms. The lowest BCUT2D eigenvalue weighted by atomic mass is 9.88. The number of aromatic carboxylic acids is 2. The number of Topliss-reactive ketones (excluding diaryl/α,β-unsaturated/α-hetero) is 2. The van der Waals surface area contributed by atoms with Gasteiger partial charge >= 0.3 is 17.9 Å². The molecule has 0 aliphatic heterocycles. The number of carbonyl (C=O) groups is 5. The Kier molecular flexibility index (Phi) is 6.51. The van der Waals surface area contributed by atoms with Crippen LogP contribution < -0.4 is 0 Å². The van der Waals surface area contributed by atoms with Crippen LogP contribution in [0.3, 0.4) is 0 Å². The molecule has 2 atom stereocenters. The zero-order chi connectivity index (χ0) is 22.7. The molecule has 156 valence electrons. The maximum atomic E-state index is 13.0. The Morgan fingerprint density at radius 2 is 1.43 bits per heavy atom. The molecule has 2 unspecified atom stereocenters. The second-order valence-corrected chi connectivity index (χ2v) is 6.82. The lowest BCUT2D eigenvalue weighted by molar-refractivity contribution is -0.151. The van der Waals surface area contributed by atoms with E-state index in [0.29, 0.717) is 0 Å². The smallest absolute Gasteiger partial charge is 0.336 e. The van der Waals surface area contributed by atoms with Crippen LogP contribution in [0, 0.1) is 5.92 Å². The van der Waals surface area contributed by atoms with Gasteiger partial charge in [-0.15, -0.1) is 0 Å². The number of carboxylic acid groups (broad SMARTS) is 2. The van der Waals surface area contributed by atoms with Crippen molar-refractivity contribution >= 4 is 40.2 Å². The number of carboxylic acids is 2. The molecule has 0 heterocycles. The van der Waals surface area contributed by atoms with Crippen molar-refractivity contribution in [2.24, 2.45) is 5.92 Å². The second kappa shape index (κ2) is 8.69. The van der Waals surface area contributed by atoms with E-state index < -0.39 is 41.5 Å². The normalized spacial score (nSPS) is 12.6. The van der Waals surface area contributed by atoms with Crippen LogP contribution in [0.1, 0.15) is 51.8 Å². The third kappa shape index (κ3) is 4.27. The summed E-state index contributed by atoms with van der Waals surface area (Å²) in [4.78, 5) is 60.4. The van der Waals surface area contributed by atoms with Crippen LogP contribution in [0.4, 0.5) is 0 Å². The minimum Gasteiger partial charge on any atom is -0.478 e. The fourth-order valence-corrected chi connectivity index (χ4v) is 3.01. The van der Waals surface area contributed by atoms with E-state index in [4.69, 9.17) is 4.74 Å². The average molecular weight is 412 g/mol. The Balaban J connectivity index is 2.52. The predicted molar refractivity (Wildman–Crippen MR) is 107 cm³/mol. The van der Waals surface area contributed by atoms with Crippen molar-refractivity contribution in [2.45, 2.75) is 26.9 Å². The highest BCUT2D eigenvalue weighted by Crippen LogP contribution is 2.29. The van der Waals surface area contributed by atoms with Crippen LogP contribution in [0.25, 0.3) is 10.8 Å². The van der Waals surface area contributed by atoms with Gasteiger partial charge in [0.05, 0.1) is 17.0 Å². The monoisotopic (exact) mass is 412 g/mol. The Morgan fingerprint density at radius 1 is 0.900 bits per heavy atom. The Hall–Kier alpha value is -3.81. The zero-order valence-electron chi connectivity index (χ0n) is 16.6. The quantitative estimate of drug-likeness (QED) is 0.292. The number of ketones is 2. The summed E-state index contributed by atoms with van der Waals surface area (Å²) in [5.41, 5.74) is -0.452. The number of rotatable bonds is 8. The third-order valence-corrected chi connectivity index (χ3v) is 4.62. The summed E-state index contributed by atoms with van der Waals surface area (Å²) in [7, 11) is 0. The molecule has 8 heteroatoms. The summed E-state index contributed by atoms with van der Waals surface area (Å²) >= 11 is 0. The van der Waals surface area contributed by atoms with Crippen molar-refractivity contribution in [3.05, 3.63) is 59.2 Å². The van der Waals surface area contributed by atoms with Crippen LogP contribution in [-0.2, 0) is 14.3 Å². The Labute approximate surface area is 171 Å². The first kappa shape index (κ1) is 22.5. The zero-order valence-corrected chi connectivity index (χ0v) is 16.6. The first-order valence-electron chi connectivity index (χ1n) is 8.94. The van der Waals surface area contributed by atoms with E-state index in [-0.39, 0.29) is 33.0 Å². The molecule has 0 fully saturated rings. The third-order valence-electron chi connectivity index (χ3n) is 4.62.